The van der Waals surface area contributed by atoms with E-state index < -0.39 is 18.0 Å². The second-order valence-electron chi connectivity index (χ2n) is 10.2. The Hall–Kier alpha value is -5.06. The van der Waals surface area contributed by atoms with Gasteiger partial charge in [0.25, 0.3) is 5.56 Å². The summed E-state index contributed by atoms with van der Waals surface area (Å²) in [7, 11) is 0. The van der Waals surface area contributed by atoms with Crippen LogP contribution in [0.1, 0.15) is 37.9 Å². The van der Waals surface area contributed by atoms with Crippen LogP contribution in [0.2, 0.25) is 5.02 Å². The summed E-state index contributed by atoms with van der Waals surface area (Å²) >= 11 is 7.39. The number of rotatable bonds is 7. The predicted molar refractivity (Wildman–Crippen MR) is 172 cm³/mol. The minimum Gasteiger partial charge on any atom is -0.463 e. The molecule has 0 N–H and O–H groups in total. The highest BCUT2D eigenvalue weighted by molar-refractivity contribution is 7.07. The zero-order valence-electron chi connectivity index (χ0n) is 24.6. The van der Waals surface area contributed by atoms with Gasteiger partial charge in [0, 0.05) is 29.3 Å². The minimum atomic E-state index is -0.809. The number of benzene rings is 3. The lowest BCUT2D eigenvalue weighted by molar-refractivity contribution is -0.139. The van der Waals surface area contributed by atoms with Gasteiger partial charge >= 0.3 is 11.9 Å². The third-order valence-electron chi connectivity index (χ3n) is 7.14. The van der Waals surface area contributed by atoms with E-state index in [4.69, 9.17) is 26.2 Å². The second kappa shape index (κ2) is 12.5. The molecule has 1 atom stereocenters. The standard InChI is InChI=1S/C34H27ClN4O5S/c1-4-43-33(42)29-20(2)36-34-39(31(29)23-12-16-27(17-13-23)44-21(3)40)32(41)28(45-34)18-24-19-38(26-8-6-5-7-9-26)37-30(24)22-10-14-25(35)15-11-22/h5-19,31H,4H2,1-3H3/b28-18-/t31-/m1/s1. The molecule has 0 fully saturated rings. The van der Waals surface area contributed by atoms with Crippen LogP contribution in [-0.2, 0) is 14.3 Å². The van der Waals surface area contributed by atoms with Crippen LogP contribution >= 0.6 is 22.9 Å². The van der Waals surface area contributed by atoms with E-state index in [2.05, 4.69) is 4.99 Å². The molecule has 0 spiro atoms. The number of carbonyl (C=O) groups is 2. The summed E-state index contributed by atoms with van der Waals surface area (Å²) in [6, 6.07) is 22.9. The average Bonchev–Trinajstić information content (AvgIpc) is 3.58. The van der Waals surface area contributed by atoms with Gasteiger partial charge in [0.1, 0.15) is 11.4 Å². The van der Waals surface area contributed by atoms with Gasteiger partial charge in [0.2, 0.25) is 0 Å². The van der Waals surface area contributed by atoms with Crippen LogP contribution in [0.25, 0.3) is 23.0 Å². The molecule has 0 bridgehead atoms. The summed E-state index contributed by atoms with van der Waals surface area (Å²) in [5.74, 6) is -0.661. The molecule has 0 radical (unpaired) electrons. The number of thiazole rings is 1. The summed E-state index contributed by atoms with van der Waals surface area (Å²) in [5.41, 5.74) is 4.10. The second-order valence-corrected chi connectivity index (χ2v) is 11.6. The van der Waals surface area contributed by atoms with Gasteiger partial charge in [-0.25, -0.2) is 14.5 Å². The zero-order valence-corrected chi connectivity index (χ0v) is 26.1. The number of allylic oxidation sites excluding steroid dienone is 1. The summed E-state index contributed by atoms with van der Waals surface area (Å²) < 4.78 is 14.3. The van der Waals surface area contributed by atoms with Gasteiger partial charge in [-0.1, -0.05) is 65.4 Å². The molecular formula is C34H27ClN4O5S. The molecule has 6 rings (SSSR count). The first-order chi connectivity index (χ1) is 21.7. The van der Waals surface area contributed by atoms with E-state index in [-0.39, 0.29) is 17.7 Å². The van der Waals surface area contributed by atoms with Crippen molar-refractivity contribution in [1.29, 1.82) is 0 Å². The Morgan fingerprint density at radius 2 is 1.73 bits per heavy atom. The number of hydrogen-bond donors (Lipinski definition) is 0. The van der Waals surface area contributed by atoms with Gasteiger partial charge in [0.15, 0.2) is 4.80 Å². The van der Waals surface area contributed by atoms with Crippen molar-refractivity contribution < 1.29 is 19.1 Å². The lowest BCUT2D eigenvalue weighted by atomic mass is 9.96. The van der Waals surface area contributed by atoms with Crippen molar-refractivity contribution in [3.63, 3.8) is 0 Å². The maximum atomic E-state index is 14.2. The average molecular weight is 639 g/mol. The van der Waals surface area contributed by atoms with Crippen molar-refractivity contribution in [3.8, 4) is 22.7 Å². The van der Waals surface area contributed by atoms with Crippen LogP contribution in [0.4, 0.5) is 0 Å². The molecule has 11 heteroatoms. The molecule has 2 aromatic heterocycles. The van der Waals surface area contributed by atoms with Gasteiger partial charge in [-0.15, -0.1) is 0 Å². The number of para-hydroxylation sites is 1. The SMILES string of the molecule is CCOC(=O)C1=C(C)N=c2s/c(=C\c3cn(-c4ccccc4)nc3-c3ccc(Cl)cc3)c(=O)n2[C@@H]1c1ccc(OC(C)=O)cc1. The van der Waals surface area contributed by atoms with Crippen LogP contribution in [0.5, 0.6) is 5.75 Å². The number of halogens is 1. The van der Waals surface area contributed by atoms with Crippen molar-refractivity contribution >= 4 is 41.0 Å². The number of fused-ring (bicyclic) bond motifs is 1. The van der Waals surface area contributed by atoms with Crippen molar-refractivity contribution in [3.05, 3.63) is 132 Å². The Bertz CT molecular complexity index is 2130. The first-order valence-electron chi connectivity index (χ1n) is 14.1. The lowest BCUT2D eigenvalue weighted by Crippen LogP contribution is -2.39. The van der Waals surface area contributed by atoms with Crippen molar-refractivity contribution in [2.24, 2.45) is 4.99 Å². The fourth-order valence-corrected chi connectivity index (χ4v) is 6.33. The smallest absolute Gasteiger partial charge is 0.338 e. The minimum absolute atomic E-state index is 0.164. The van der Waals surface area contributed by atoms with Crippen LogP contribution in [0.3, 0.4) is 0 Å². The fourth-order valence-electron chi connectivity index (χ4n) is 5.17. The van der Waals surface area contributed by atoms with Crippen molar-refractivity contribution in [1.82, 2.24) is 14.3 Å². The van der Waals surface area contributed by atoms with E-state index in [1.165, 1.54) is 22.8 Å². The number of ether oxygens (including phenoxy) is 2. The molecule has 3 heterocycles. The zero-order chi connectivity index (χ0) is 31.7. The van der Waals surface area contributed by atoms with E-state index in [1.807, 2.05) is 48.7 Å². The number of aromatic nitrogens is 3. The Balaban J connectivity index is 1.53. The quantitative estimate of drug-likeness (QED) is 0.179. The van der Waals surface area contributed by atoms with E-state index in [0.29, 0.717) is 37.1 Å². The topological polar surface area (TPSA) is 105 Å². The fraction of sp³-hybridized carbons (Fsp3) is 0.147. The molecule has 0 amide bonds. The van der Waals surface area contributed by atoms with Gasteiger partial charge in [0.05, 0.1) is 34.1 Å². The number of carbonyl (C=O) groups excluding carboxylic acids is 2. The Morgan fingerprint density at radius 3 is 2.40 bits per heavy atom. The first-order valence-corrected chi connectivity index (χ1v) is 15.3. The third kappa shape index (κ3) is 6.02. The van der Waals surface area contributed by atoms with Gasteiger partial charge in [-0.3, -0.25) is 14.2 Å². The highest BCUT2D eigenvalue weighted by atomic mass is 35.5. The van der Waals surface area contributed by atoms with Gasteiger partial charge in [-0.2, -0.15) is 5.10 Å². The number of esters is 2. The molecule has 1 aliphatic heterocycles. The highest BCUT2D eigenvalue weighted by Crippen LogP contribution is 2.32. The van der Waals surface area contributed by atoms with E-state index in [0.717, 1.165) is 16.8 Å². The molecule has 0 saturated carbocycles. The maximum absolute atomic E-state index is 14.2. The van der Waals surface area contributed by atoms with Crippen molar-refractivity contribution in [2.45, 2.75) is 26.8 Å². The summed E-state index contributed by atoms with van der Waals surface area (Å²) in [6.45, 7) is 4.93. The number of hydrogen-bond acceptors (Lipinski definition) is 8. The van der Waals surface area contributed by atoms with Crippen molar-refractivity contribution in [2.75, 3.05) is 6.61 Å². The highest BCUT2D eigenvalue weighted by Gasteiger charge is 2.33. The predicted octanol–water partition coefficient (Wildman–Crippen LogP) is 5.23. The van der Waals surface area contributed by atoms with Crippen LogP contribution in [0, 0.1) is 0 Å². The van der Waals surface area contributed by atoms with E-state index in [9.17, 15) is 14.4 Å². The third-order valence-corrected chi connectivity index (χ3v) is 8.38. The van der Waals surface area contributed by atoms with Crippen LogP contribution < -0.4 is 19.6 Å². The molecule has 1 aliphatic rings. The maximum Gasteiger partial charge on any atom is 0.338 e. The van der Waals surface area contributed by atoms with Gasteiger partial charge < -0.3 is 9.47 Å². The van der Waals surface area contributed by atoms with Crippen LogP contribution in [-0.4, -0.2) is 32.9 Å². The van der Waals surface area contributed by atoms with Gasteiger partial charge in [-0.05, 0) is 61.9 Å². The number of nitrogens with zero attached hydrogens (tertiary/aromatic N) is 4. The first kappa shape index (κ1) is 30.0. The largest absolute Gasteiger partial charge is 0.463 e. The molecular weight excluding hydrogens is 612 g/mol. The molecule has 3 aromatic carbocycles. The monoisotopic (exact) mass is 638 g/mol. The summed E-state index contributed by atoms with van der Waals surface area (Å²) in [6.07, 6.45) is 3.67. The van der Waals surface area contributed by atoms with E-state index >= 15 is 0 Å². The summed E-state index contributed by atoms with van der Waals surface area (Å²) in [5, 5.41) is 5.46. The molecule has 45 heavy (non-hydrogen) atoms. The molecule has 226 valence electrons. The molecule has 5 aromatic rings. The Labute approximate surface area is 267 Å². The van der Waals surface area contributed by atoms with E-state index in [1.54, 1.807) is 61.0 Å². The Morgan fingerprint density at radius 1 is 1.02 bits per heavy atom. The summed E-state index contributed by atoms with van der Waals surface area (Å²) in [4.78, 5) is 44.0. The molecule has 0 unspecified atom stereocenters. The molecule has 9 nitrogen and oxygen atoms in total. The Kier molecular flexibility index (Phi) is 8.34. The lowest BCUT2D eigenvalue weighted by Gasteiger charge is -2.24. The molecule has 0 saturated heterocycles. The molecule has 0 aliphatic carbocycles. The van der Waals surface area contributed by atoms with Crippen LogP contribution in [0.15, 0.2) is 106 Å². The normalized spacial score (nSPS) is 14.6.